The molecule has 0 aromatic heterocycles. The third kappa shape index (κ3) is 2.80. The van der Waals surface area contributed by atoms with Crippen LogP contribution in [0.2, 0.25) is 0 Å². The van der Waals surface area contributed by atoms with Gasteiger partial charge < -0.3 is 0 Å². The van der Waals surface area contributed by atoms with Gasteiger partial charge in [0.1, 0.15) is 0 Å². The fourth-order valence-corrected chi connectivity index (χ4v) is 1.82. The summed E-state index contributed by atoms with van der Waals surface area (Å²) in [6.07, 6.45) is 4.00. The van der Waals surface area contributed by atoms with E-state index in [2.05, 4.69) is 41.5 Å². The predicted octanol–water partition coefficient (Wildman–Crippen LogP) is 4.49. The molecule has 0 radical (unpaired) electrons. The second kappa shape index (κ2) is 4.89. The minimum atomic E-state index is 0.519. The first-order valence-electron chi connectivity index (χ1n) is 5.46. The quantitative estimate of drug-likeness (QED) is 0.570. The fourth-order valence-electron chi connectivity index (χ4n) is 1.82. The van der Waals surface area contributed by atoms with Gasteiger partial charge in [-0.15, -0.1) is 0 Å². The molecule has 0 N–H and O–H groups in total. The molecule has 0 aliphatic heterocycles. The van der Waals surface area contributed by atoms with Crippen molar-refractivity contribution in [2.24, 2.45) is 17.3 Å². The standard InChI is InChI=1S/C12H26/c1-7-9-11(4)12(5,6)10(3)8-2/h10-11H,7-9H2,1-6H3. The zero-order valence-corrected chi connectivity index (χ0v) is 9.78. The molecule has 2 unspecified atom stereocenters. The fraction of sp³-hybridized carbons (Fsp3) is 1.00. The minimum Gasteiger partial charge on any atom is -0.0654 e. The number of rotatable bonds is 5. The van der Waals surface area contributed by atoms with E-state index >= 15 is 0 Å². The van der Waals surface area contributed by atoms with Gasteiger partial charge in [-0.25, -0.2) is 0 Å². The first kappa shape index (κ1) is 12.0. The van der Waals surface area contributed by atoms with Gasteiger partial charge in [0.05, 0.1) is 0 Å². The van der Waals surface area contributed by atoms with E-state index in [1.165, 1.54) is 19.3 Å². The summed E-state index contributed by atoms with van der Waals surface area (Å²) in [5.74, 6) is 1.71. The van der Waals surface area contributed by atoms with E-state index in [0.717, 1.165) is 11.8 Å². The molecule has 0 saturated carbocycles. The molecule has 0 fully saturated rings. The highest BCUT2D eigenvalue weighted by atomic mass is 14.3. The Labute approximate surface area is 78.8 Å². The Balaban J connectivity index is 4.16. The van der Waals surface area contributed by atoms with Gasteiger partial charge in [0.2, 0.25) is 0 Å². The summed E-state index contributed by atoms with van der Waals surface area (Å²) in [6.45, 7) is 14.2. The van der Waals surface area contributed by atoms with Crippen LogP contribution in [-0.4, -0.2) is 0 Å². The summed E-state index contributed by atoms with van der Waals surface area (Å²) in [5, 5.41) is 0. The van der Waals surface area contributed by atoms with Crippen LogP contribution in [0.3, 0.4) is 0 Å². The van der Waals surface area contributed by atoms with E-state index in [9.17, 15) is 0 Å². The van der Waals surface area contributed by atoms with Crippen molar-refractivity contribution in [3.05, 3.63) is 0 Å². The third-order valence-electron chi connectivity index (χ3n) is 3.87. The first-order chi connectivity index (χ1) is 5.46. The largest absolute Gasteiger partial charge is 0.0654 e. The van der Waals surface area contributed by atoms with Gasteiger partial charge in [-0.3, -0.25) is 0 Å². The summed E-state index contributed by atoms with van der Waals surface area (Å²) in [6, 6.07) is 0. The van der Waals surface area contributed by atoms with Crippen LogP contribution in [0.15, 0.2) is 0 Å². The van der Waals surface area contributed by atoms with Crippen LogP contribution in [0.5, 0.6) is 0 Å². The summed E-state index contributed by atoms with van der Waals surface area (Å²) in [7, 11) is 0. The topological polar surface area (TPSA) is 0 Å². The second-order valence-electron chi connectivity index (χ2n) is 4.82. The zero-order valence-electron chi connectivity index (χ0n) is 9.78. The van der Waals surface area contributed by atoms with E-state index in [4.69, 9.17) is 0 Å². The molecule has 0 heteroatoms. The maximum absolute atomic E-state index is 2.42. The van der Waals surface area contributed by atoms with Gasteiger partial charge in [0.25, 0.3) is 0 Å². The van der Waals surface area contributed by atoms with E-state index < -0.39 is 0 Å². The Morgan fingerprint density at radius 3 is 1.83 bits per heavy atom. The summed E-state index contributed by atoms with van der Waals surface area (Å²) in [5.41, 5.74) is 0.519. The molecular weight excluding hydrogens is 144 g/mol. The minimum absolute atomic E-state index is 0.519. The average Bonchev–Trinajstić information content (AvgIpc) is 2.03. The molecule has 12 heavy (non-hydrogen) atoms. The lowest BCUT2D eigenvalue weighted by molar-refractivity contribution is 0.127. The molecule has 0 saturated heterocycles. The number of hydrogen-bond donors (Lipinski definition) is 0. The maximum atomic E-state index is 2.42. The van der Waals surface area contributed by atoms with Gasteiger partial charge in [0, 0.05) is 0 Å². The van der Waals surface area contributed by atoms with Crippen molar-refractivity contribution in [3.8, 4) is 0 Å². The lowest BCUT2D eigenvalue weighted by Gasteiger charge is -2.37. The van der Waals surface area contributed by atoms with Crippen molar-refractivity contribution in [1.29, 1.82) is 0 Å². The Hall–Kier alpha value is 0. The van der Waals surface area contributed by atoms with Crippen LogP contribution in [0.25, 0.3) is 0 Å². The van der Waals surface area contributed by atoms with Gasteiger partial charge in [-0.2, -0.15) is 0 Å². The SMILES string of the molecule is CCCC(C)C(C)(C)C(C)CC. The summed E-state index contributed by atoms with van der Waals surface area (Å²) < 4.78 is 0. The molecule has 0 aromatic rings. The molecule has 0 nitrogen and oxygen atoms in total. The van der Waals surface area contributed by atoms with Crippen LogP contribution in [0.1, 0.15) is 60.8 Å². The van der Waals surface area contributed by atoms with Crippen LogP contribution in [0.4, 0.5) is 0 Å². The predicted molar refractivity (Wildman–Crippen MR) is 57.3 cm³/mol. The molecule has 0 heterocycles. The van der Waals surface area contributed by atoms with E-state index in [0.29, 0.717) is 5.41 Å². The Bertz CT molecular complexity index is 113. The van der Waals surface area contributed by atoms with Gasteiger partial charge in [-0.05, 0) is 17.3 Å². The average molecular weight is 170 g/mol. The highest BCUT2D eigenvalue weighted by Crippen LogP contribution is 2.38. The molecule has 0 rings (SSSR count). The Kier molecular flexibility index (Phi) is 4.89. The molecule has 0 aromatic carbocycles. The monoisotopic (exact) mass is 170 g/mol. The van der Waals surface area contributed by atoms with Crippen molar-refractivity contribution >= 4 is 0 Å². The summed E-state index contributed by atoms with van der Waals surface area (Å²) >= 11 is 0. The van der Waals surface area contributed by atoms with Crippen LogP contribution in [0, 0.1) is 17.3 Å². The molecule has 0 aliphatic rings. The molecule has 0 spiro atoms. The molecule has 0 bridgehead atoms. The molecule has 2 atom stereocenters. The number of hydrogen-bond acceptors (Lipinski definition) is 0. The van der Waals surface area contributed by atoms with Crippen molar-refractivity contribution in [2.45, 2.75) is 60.8 Å². The Morgan fingerprint density at radius 1 is 1.00 bits per heavy atom. The first-order valence-corrected chi connectivity index (χ1v) is 5.46. The van der Waals surface area contributed by atoms with Crippen molar-refractivity contribution in [2.75, 3.05) is 0 Å². The molecule has 0 amide bonds. The van der Waals surface area contributed by atoms with Gasteiger partial charge >= 0.3 is 0 Å². The highest BCUT2D eigenvalue weighted by Gasteiger charge is 2.29. The molecule has 0 aliphatic carbocycles. The highest BCUT2D eigenvalue weighted by molar-refractivity contribution is 4.79. The Morgan fingerprint density at radius 2 is 1.50 bits per heavy atom. The smallest absolute Gasteiger partial charge is 0.0303 e. The lowest BCUT2D eigenvalue weighted by Crippen LogP contribution is -2.28. The zero-order chi connectivity index (χ0) is 9.78. The summed E-state index contributed by atoms with van der Waals surface area (Å²) in [4.78, 5) is 0. The van der Waals surface area contributed by atoms with E-state index in [-0.39, 0.29) is 0 Å². The lowest BCUT2D eigenvalue weighted by atomic mass is 9.68. The second-order valence-corrected chi connectivity index (χ2v) is 4.82. The van der Waals surface area contributed by atoms with Crippen LogP contribution >= 0.6 is 0 Å². The van der Waals surface area contributed by atoms with Crippen molar-refractivity contribution < 1.29 is 0 Å². The third-order valence-corrected chi connectivity index (χ3v) is 3.87. The van der Waals surface area contributed by atoms with Gasteiger partial charge in [0.15, 0.2) is 0 Å². The molecule has 74 valence electrons. The van der Waals surface area contributed by atoms with Gasteiger partial charge in [-0.1, -0.05) is 60.8 Å². The van der Waals surface area contributed by atoms with Crippen molar-refractivity contribution in [3.63, 3.8) is 0 Å². The normalized spacial score (nSPS) is 17.5. The van der Waals surface area contributed by atoms with Crippen LogP contribution < -0.4 is 0 Å². The molecular formula is C12H26. The maximum Gasteiger partial charge on any atom is -0.0303 e. The van der Waals surface area contributed by atoms with E-state index in [1.807, 2.05) is 0 Å². The van der Waals surface area contributed by atoms with Crippen molar-refractivity contribution in [1.82, 2.24) is 0 Å². The van der Waals surface area contributed by atoms with Crippen LogP contribution in [-0.2, 0) is 0 Å². The van der Waals surface area contributed by atoms with E-state index in [1.54, 1.807) is 0 Å².